The summed E-state index contributed by atoms with van der Waals surface area (Å²) < 4.78 is 6.36. The van der Waals surface area contributed by atoms with Crippen molar-refractivity contribution in [2.75, 3.05) is 0 Å². The molecule has 2 saturated heterocycles. The van der Waals surface area contributed by atoms with Crippen molar-refractivity contribution in [1.29, 1.82) is 0 Å². The highest BCUT2D eigenvalue weighted by atomic mass is 16.5. The Morgan fingerprint density at radius 2 is 1.58 bits per heavy atom. The van der Waals surface area contributed by atoms with E-state index in [0.717, 1.165) is 51.4 Å². The van der Waals surface area contributed by atoms with E-state index in [4.69, 9.17) is 4.74 Å². The number of hydrogen-bond acceptors (Lipinski definition) is 4. The SMILES string of the molecule is CC(C)N1C(=O)[C@@H]2[C@H](C(=O)NC3CCCC3)[C@H]3C=C[C@@]2(O3)[C@H]1C(=O)NC1CCCCC1. The van der Waals surface area contributed by atoms with Gasteiger partial charge in [-0.1, -0.05) is 44.3 Å². The second-order valence-corrected chi connectivity index (χ2v) is 10.4. The molecule has 5 aliphatic rings. The third-order valence-electron chi connectivity index (χ3n) is 8.07. The van der Waals surface area contributed by atoms with Crippen LogP contribution in [0.1, 0.15) is 71.6 Å². The zero-order valence-corrected chi connectivity index (χ0v) is 18.6. The molecule has 0 aromatic rings. The Hall–Kier alpha value is -1.89. The summed E-state index contributed by atoms with van der Waals surface area (Å²) in [5.41, 5.74) is -1.04. The number of amides is 3. The molecular weight excluding hydrogens is 394 g/mol. The second-order valence-electron chi connectivity index (χ2n) is 10.4. The van der Waals surface area contributed by atoms with Gasteiger partial charge in [0.25, 0.3) is 0 Å². The molecule has 2 bridgehead atoms. The molecule has 0 unspecified atom stereocenters. The van der Waals surface area contributed by atoms with E-state index in [0.29, 0.717) is 0 Å². The third kappa shape index (κ3) is 3.31. The summed E-state index contributed by atoms with van der Waals surface area (Å²) in [6, 6.07) is -0.527. The molecule has 2 N–H and O–H groups in total. The highest BCUT2D eigenvalue weighted by Gasteiger charge is 2.73. The van der Waals surface area contributed by atoms with E-state index < -0.39 is 29.6 Å². The molecule has 0 aromatic heterocycles. The molecule has 5 atom stereocenters. The molecule has 7 nitrogen and oxygen atoms in total. The molecule has 3 aliphatic heterocycles. The first kappa shape index (κ1) is 21.0. The number of ether oxygens (including phenoxy) is 1. The first-order valence-corrected chi connectivity index (χ1v) is 12.2. The summed E-state index contributed by atoms with van der Waals surface area (Å²) in [4.78, 5) is 42.1. The summed E-state index contributed by atoms with van der Waals surface area (Å²) in [5, 5.41) is 6.38. The van der Waals surface area contributed by atoms with Crippen molar-refractivity contribution in [3.05, 3.63) is 12.2 Å². The molecule has 3 amide bonds. The Balaban J connectivity index is 1.42. The first-order chi connectivity index (χ1) is 14.9. The van der Waals surface area contributed by atoms with E-state index in [-0.39, 0.29) is 35.8 Å². The molecule has 3 heterocycles. The van der Waals surface area contributed by atoms with Crippen molar-refractivity contribution in [3.8, 4) is 0 Å². The number of likely N-dealkylation sites (tertiary alicyclic amines) is 1. The Labute approximate surface area is 184 Å². The highest BCUT2D eigenvalue weighted by molar-refractivity contribution is 6.00. The van der Waals surface area contributed by atoms with Crippen molar-refractivity contribution >= 4 is 17.7 Å². The highest BCUT2D eigenvalue weighted by Crippen LogP contribution is 2.55. The monoisotopic (exact) mass is 429 g/mol. The van der Waals surface area contributed by atoms with Gasteiger partial charge in [0.15, 0.2) is 0 Å². The number of carbonyl (C=O) groups is 3. The molecule has 2 saturated carbocycles. The quantitative estimate of drug-likeness (QED) is 0.655. The van der Waals surface area contributed by atoms with Gasteiger partial charge in [-0.3, -0.25) is 14.4 Å². The zero-order valence-electron chi connectivity index (χ0n) is 18.6. The normalized spacial score (nSPS) is 37.6. The summed E-state index contributed by atoms with van der Waals surface area (Å²) >= 11 is 0. The Bertz CT molecular complexity index is 784. The Morgan fingerprint density at radius 1 is 1.00 bits per heavy atom. The maximum atomic E-state index is 13.6. The summed E-state index contributed by atoms with van der Waals surface area (Å²) in [5.74, 6) is -1.56. The standard InChI is InChI=1S/C24H35N3O4/c1-14(2)27-20(22(29)26-16-8-4-3-5-9-16)24-13-12-17(31-24)18(19(24)23(27)30)21(28)25-15-10-6-7-11-15/h12-20H,3-11H2,1-2H3,(H,25,28)(H,26,29)/t17-,18-,19+,20-,24+/m1/s1. The number of fused-ring (bicyclic) bond motifs is 1. The van der Waals surface area contributed by atoms with Gasteiger partial charge in [0, 0.05) is 18.1 Å². The van der Waals surface area contributed by atoms with Crippen molar-refractivity contribution < 1.29 is 19.1 Å². The minimum Gasteiger partial charge on any atom is -0.359 e. The molecule has 170 valence electrons. The van der Waals surface area contributed by atoms with Crippen LogP contribution in [0.3, 0.4) is 0 Å². The van der Waals surface area contributed by atoms with Gasteiger partial charge in [-0.2, -0.15) is 0 Å². The van der Waals surface area contributed by atoms with Crippen LogP contribution in [0.15, 0.2) is 12.2 Å². The number of rotatable bonds is 5. The van der Waals surface area contributed by atoms with Crippen LogP contribution in [0, 0.1) is 11.8 Å². The molecule has 4 fully saturated rings. The van der Waals surface area contributed by atoms with Gasteiger partial charge in [-0.25, -0.2) is 0 Å². The lowest BCUT2D eigenvalue weighted by Crippen LogP contribution is -2.57. The fourth-order valence-corrected chi connectivity index (χ4v) is 6.66. The second kappa shape index (κ2) is 7.91. The van der Waals surface area contributed by atoms with Gasteiger partial charge >= 0.3 is 0 Å². The van der Waals surface area contributed by atoms with Crippen molar-refractivity contribution in [2.24, 2.45) is 11.8 Å². The third-order valence-corrected chi connectivity index (χ3v) is 8.07. The first-order valence-electron chi connectivity index (χ1n) is 12.2. The zero-order chi connectivity index (χ0) is 21.8. The van der Waals surface area contributed by atoms with E-state index in [1.807, 2.05) is 26.0 Å². The minimum atomic E-state index is -1.04. The van der Waals surface area contributed by atoms with Crippen LogP contribution in [-0.4, -0.2) is 58.5 Å². The van der Waals surface area contributed by atoms with Crippen LogP contribution in [0.5, 0.6) is 0 Å². The minimum absolute atomic E-state index is 0.0986. The number of hydrogen-bond donors (Lipinski definition) is 2. The maximum Gasteiger partial charge on any atom is 0.246 e. The largest absolute Gasteiger partial charge is 0.359 e. The van der Waals surface area contributed by atoms with Crippen LogP contribution in [0.4, 0.5) is 0 Å². The predicted molar refractivity (Wildman–Crippen MR) is 115 cm³/mol. The van der Waals surface area contributed by atoms with E-state index >= 15 is 0 Å². The van der Waals surface area contributed by atoms with Crippen molar-refractivity contribution in [2.45, 2.75) is 108 Å². The molecule has 1 spiro atoms. The van der Waals surface area contributed by atoms with E-state index in [1.165, 1.54) is 6.42 Å². The van der Waals surface area contributed by atoms with Gasteiger partial charge in [-0.05, 0) is 39.5 Å². The predicted octanol–water partition coefficient (Wildman–Crippen LogP) is 2.05. The molecule has 0 radical (unpaired) electrons. The Kier molecular flexibility index (Phi) is 5.35. The fraction of sp³-hybridized carbons (Fsp3) is 0.792. The average Bonchev–Trinajstić information content (AvgIpc) is 3.50. The van der Waals surface area contributed by atoms with Crippen LogP contribution in [0.25, 0.3) is 0 Å². The lowest BCUT2D eigenvalue weighted by molar-refractivity contribution is -0.144. The van der Waals surface area contributed by atoms with Crippen LogP contribution >= 0.6 is 0 Å². The van der Waals surface area contributed by atoms with Crippen LogP contribution in [-0.2, 0) is 19.1 Å². The van der Waals surface area contributed by atoms with Crippen molar-refractivity contribution in [1.82, 2.24) is 15.5 Å². The summed E-state index contributed by atoms with van der Waals surface area (Å²) in [7, 11) is 0. The van der Waals surface area contributed by atoms with Gasteiger partial charge < -0.3 is 20.3 Å². The molecule has 7 heteroatoms. The van der Waals surface area contributed by atoms with Gasteiger partial charge in [0.05, 0.1) is 17.9 Å². The Morgan fingerprint density at radius 3 is 2.19 bits per heavy atom. The molecule has 0 aromatic carbocycles. The topological polar surface area (TPSA) is 87.7 Å². The lowest BCUT2D eigenvalue weighted by Gasteiger charge is -2.35. The molecule has 2 aliphatic carbocycles. The summed E-state index contributed by atoms with van der Waals surface area (Å²) in [6.07, 6.45) is 13.0. The number of carbonyl (C=O) groups excluding carboxylic acids is 3. The molecule has 31 heavy (non-hydrogen) atoms. The summed E-state index contributed by atoms with van der Waals surface area (Å²) in [6.45, 7) is 3.86. The molecular formula is C24H35N3O4. The maximum absolute atomic E-state index is 13.6. The molecule has 5 rings (SSSR count). The lowest BCUT2D eigenvalue weighted by atomic mass is 9.74. The smallest absolute Gasteiger partial charge is 0.246 e. The van der Waals surface area contributed by atoms with Gasteiger partial charge in [0.1, 0.15) is 11.6 Å². The van der Waals surface area contributed by atoms with Crippen molar-refractivity contribution in [3.63, 3.8) is 0 Å². The fourth-order valence-electron chi connectivity index (χ4n) is 6.66. The van der Waals surface area contributed by atoms with Crippen LogP contribution < -0.4 is 10.6 Å². The van der Waals surface area contributed by atoms with E-state index in [1.54, 1.807) is 4.90 Å². The van der Waals surface area contributed by atoms with Crippen LogP contribution in [0.2, 0.25) is 0 Å². The van der Waals surface area contributed by atoms with E-state index in [9.17, 15) is 14.4 Å². The number of nitrogens with zero attached hydrogens (tertiary/aromatic N) is 1. The average molecular weight is 430 g/mol. The van der Waals surface area contributed by atoms with Gasteiger partial charge in [0.2, 0.25) is 17.7 Å². The number of nitrogens with one attached hydrogen (secondary N) is 2. The van der Waals surface area contributed by atoms with E-state index in [2.05, 4.69) is 10.6 Å². The van der Waals surface area contributed by atoms with Gasteiger partial charge in [-0.15, -0.1) is 0 Å².